The Morgan fingerprint density at radius 2 is 1.77 bits per heavy atom. The van der Waals surface area contributed by atoms with Gasteiger partial charge in [0, 0.05) is 10.0 Å². The number of alkyl halides is 3. The highest BCUT2D eigenvalue weighted by atomic mass is 35.5. The van der Waals surface area contributed by atoms with E-state index < -0.39 is 64.9 Å². The molecule has 0 saturated carbocycles. The molecule has 3 amide bonds. The number of anilines is 2. The summed E-state index contributed by atoms with van der Waals surface area (Å²) in [5, 5.41) is 11.3. The van der Waals surface area contributed by atoms with Crippen LogP contribution in [0.15, 0.2) is 53.5 Å². The minimum Gasteiger partial charge on any atom is -0.464 e. The SMILES string of the molecule is CCCCOC(=O)N(C(=O)O)c1c(F)ccc(NC(=O)c2cc(N=C3CC(c4cc(Cl)cc(Cl)c4)(C(F)(F)F)ON3)ccc2Cl)c1F. The fourth-order valence-electron chi connectivity index (χ4n) is 4.36. The molecule has 1 fully saturated rings. The van der Waals surface area contributed by atoms with Gasteiger partial charge in [-0.15, -0.1) is 0 Å². The molecule has 0 radical (unpaired) electrons. The molecular formula is C29H22Cl3F5N4O6. The van der Waals surface area contributed by atoms with Crippen LogP contribution >= 0.6 is 34.8 Å². The van der Waals surface area contributed by atoms with Crippen LogP contribution in [0.25, 0.3) is 0 Å². The number of hydrogen-bond donors (Lipinski definition) is 3. The van der Waals surface area contributed by atoms with Crippen molar-refractivity contribution in [2.75, 3.05) is 16.8 Å². The number of rotatable bonds is 8. The first kappa shape index (κ1) is 35.7. The molecule has 1 atom stereocenters. The van der Waals surface area contributed by atoms with Crippen molar-refractivity contribution in [3.63, 3.8) is 0 Å². The minimum absolute atomic E-state index is 0.0641. The van der Waals surface area contributed by atoms with Gasteiger partial charge in [-0.05, 0) is 60.5 Å². The van der Waals surface area contributed by atoms with E-state index in [0.717, 1.165) is 24.3 Å². The zero-order chi connectivity index (χ0) is 34.7. The van der Waals surface area contributed by atoms with Crippen LogP contribution < -0.4 is 15.7 Å². The molecule has 0 aliphatic carbocycles. The fraction of sp³-hybridized carbons (Fsp3) is 0.241. The van der Waals surface area contributed by atoms with Gasteiger partial charge in [-0.1, -0.05) is 48.1 Å². The number of benzene rings is 3. The summed E-state index contributed by atoms with van der Waals surface area (Å²) in [5.74, 6) is -4.49. The van der Waals surface area contributed by atoms with Gasteiger partial charge in [0.25, 0.3) is 5.91 Å². The summed E-state index contributed by atoms with van der Waals surface area (Å²) < 4.78 is 77.8. The second kappa shape index (κ2) is 14.3. The van der Waals surface area contributed by atoms with Gasteiger partial charge in [-0.25, -0.2) is 23.4 Å². The molecule has 3 aromatic carbocycles. The number of ether oxygens (including phenoxy) is 1. The van der Waals surface area contributed by atoms with Crippen LogP contribution in [0.2, 0.25) is 15.1 Å². The summed E-state index contributed by atoms with van der Waals surface area (Å²) in [6, 6.07) is 8.23. The summed E-state index contributed by atoms with van der Waals surface area (Å²) in [5.41, 5.74) is -3.68. The lowest BCUT2D eigenvalue weighted by molar-refractivity contribution is -0.282. The van der Waals surface area contributed by atoms with Crippen LogP contribution in [0.1, 0.15) is 42.1 Å². The standard InChI is InChI=1S/C29H22Cl3F5N4O6/c1-2-3-8-46-27(45)41(26(43)44)24-20(33)6-7-21(23(24)34)39-25(42)18-12-17(4-5-19(18)32)38-22-13-28(47-40-22,29(35,36)37)14-9-15(30)11-16(31)10-14/h4-7,9-12H,2-3,8,13H2,1H3,(H,38,40)(H,39,42)(H,43,44). The first-order valence-corrected chi connectivity index (χ1v) is 14.5. The smallest absolute Gasteiger partial charge is 0.424 e. The first-order valence-electron chi connectivity index (χ1n) is 13.4. The third kappa shape index (κ3) is 7.70. The van der Waals surface area contributed by atoms with E-state index in [1.54, 1.807) is 6.92 Å². The molecule has 47 heavy (non-hydrogen) atoms. The molecule has 3 aromatic rings. The van der Waals surface area contributed by atoms with E-state index in [4.69, 9.17) is 44.4 Å². The number of carbonyl (C=O) groups excluding carboxylic acids is 2. The number of halogens is 8. The first-order chi connectivity index (χ1) is 22.1. The number of nitrogens with zero attached hydrogens (tertiary/aromatic N) is 2. The highest BCUT2D eigenvalue weighted by molar-refractivity contribution is 6.35. The average Bonchev–Trinajstić information content (AvgIpc) is 3.42. The van der Waals surface area contributed by atoms with Crippen molar-refractivity contribution in [1.82, 2.24) is 5.48 Å². The Bertz CT molecular complexity index is 1740. The van der Waals surface area contributed by atoms with Crippen LogP contribution in [0, 0.1) is 11.6 Å². The van der Waals surface area contributed by atoms with Crippen LogP contribution in [0.3, 0.4) is 0 Å². The Morgan fingerprint density at radius 3 is 2.38 bits per heavy atom. The Kier molecular flexibility index (Phi) is 10.8. The molecule has 10 nitrogen and oxygen atoms in total. The summed E-state index contributed by atoms with van der Waals surface area (Å²) >= 11 is 18.0. The average molecular weight is 724 g/mol. The zero-order valence-electron chi connectivity index (χ0n) is 23.9. The van der Waals surface area contributed by atoms with Crippen molar-refractivity contribution in [2.45, 2.75) is 38.0 Å². The van der Waals surface area contributed by atoms with Crippen LogP contribution in [0.4, 0.5) is 48.6 Å². The van der Waals surface area contributed by atoms with Crippen LogP contribution in [-0.4, -0.2) is 41.8 Å². The lowest BCUT2D eigenvalue weighted by Crippen LogP contribution is -2.42. The van der Waals surface area contributed by atoms with E-state index in [0.29, 0.717) is 18.9 Å². The number of nitrogens with one attached hydrogen (secondary N) is 2. The number of carboxylic acid groups (broad SMARTS) is 1. The number of hydrogen-bond acceptors (Lipinski definition) is 6. The molecule has 1 heterocycles. The van der Waals surface area contributed by atoms with Gasteiger partial charge >= 0.3 is 18.4 Å². The topological polar surface area (TPSA) is 130 Å². The van der Waals surface area contributed by atoms with E-state index >= 15 is 4.39 Å². The number of carbonyl (C=O) groups is 3. The van der Waals surface area contributed by atoms with Crippen molar-refractivity contribution in [1.29, 1.82) is 0 Å². The van der Waals surface area contributed by atoms with Gasteiger partial charge in [0.15, 0.2) is 11.6 Å². The van der Waals surface area contributed by atoms with Crippen molar-refractivity contribution in [3.8, 4) is 0 Å². The second-order valence-corrected chi connectivity index (χ2v) is 11.2. The van der Waals surface area contributed by atoms with Gasteiger partial charge in [0.1, 0.15) is 11.5 Å². The van der Waals surface area contributed by atoms with Crippen molar-refractivity contribution in [3.05, 3.63) is 86.4 Å². The molecular weight excluding hydrogens is 702 g/mol. The summed E-state index contributed by atoms with van der Waals surface area (Å²) in [4.78, 5) is 46.0. The van der Waals surface area contributed by atoms with E-state index in [1.165, 1.54) is 18.2 Å². The van der Waals surface area contributed by atoms with Gasteiger partial charge in [-0.3, -0.25) is 15.1 Å². The molecule has 0 aromatic heterocycles. The van der Waals surface area contributed by atoms with Crippen molar-refractivity contribution in [2.24, 2.45) is 4.99 Å². The molecule has 0 spiro atoms. The number of amidine groups is 1. The maximum atomic E-state index is 15.4. The van der Waals surface area contributed by atoms with Gasteiger partial charge < -0.3 is 15.2 Å². The quantitative estimate of drug-likeness (QED) is 0.156. The molecule has 4 rings (SSSR count). The Morgan fingerprint density at radius 1 is 1.09 bits per heavy atom. The number of amides is 3. The van der Waals surface area contributed by atoms with Gasteiger partial charge in [0.2, 0.25) is 5.60 Å². The van der Waals surface area contributed by atoms with E-state index in [9.17, 15) is 37.1 Å². The minimum atomic E-state index is -4.96. The third-order valence-corrected chi connectivity index (χ3v) is 7.41. The number of unbranched alkanes of at least 4 members (excludes halogenated alkanes) is 1. The van der Waals surface area contributed by atoms with E-state index in [2.05, 4.69) is 15.8 Å². The monoisotopic (exact) mass is 722 g/mol. The van der Waals surface area contributed by atoms with Gasteiger partial charge in [0.05, 0.1) is 35.0 Å². The maximum Gasteiger partial charge on any atom is 0.424 e. The lowest BCUT2D eigenvalue weighted by atomic mass is 9.90. The molecule has 250 valence electrons. The normalized spacial score (nSPS) is 16.9. The Hall–Kier alpha value is -4.18. The molecule has 18 heteroatoms. The van der Waals surface area contributed by atoms with Crippen LogP contribution in [-0.2, 0) is 15.2 Å². The number of aliphatic imine (C=N–C) groups is 1. The maximum absolute atomic E-state index is 15.4. The lowest BCUT2D eigenvalue weighted by Gasteiger charge is -2.29. The fourth-order valence-corrected chi connectivity index (χ4v) is 5.09. The largest absolute Gasteiger partial charge is 0.464 e. The molecule has 1 saturated heterocycles. The van der Waals surface area contributed by atoms with Crippen molar-refractivity contribution < 1.29 is 51.0 Å². The molecule has 1 aliphatic heterocycles. The van der Waals surface area contributed by atoms with Crippen LogP contribution in [0.5, 0.6) is 0 Å². The summed E-state index contributed by atoms with van der Waals surface area (Å²) in [7, 11) is 0. The summed E-state index contributed by atoms with van der Waals surface area (Å²) in [6.07, 6.45) is -8.49. The van der Waals surface area contributed by atoms with Crippen molar-refractivity contribution >= 4 is 75.8 Å². The van der Waals surface area contributed by atoms with E-state index in [1.807, 2.05) is 0 Å². The van der Waals surface area contributed by atoms with E-state index in [-0.39, 0.29) is 43.7 Å². The molecule has 1 unspecified atom stereocenters. The Balaban J connectivity index is 1.62. The zero-order valence-corrected chi connectivity index (χ0v) is 26.1. The molecule has 0 bridgehead atoms. The van der Waals surface area contributed by atoms with Gasteiger partial charge in [-0.2, -0.15) is 18.1 Å². The predicted octanol–water partition coefficient (Wildman–Crippen LogP) is 9.01. The molecule has 1 aliphatic rings. The highest BCUT2D eigenvalue weighted by Crippen LogP contribution is 2.48. The predicted molar refractivity (Wildman–Crippen MR) is 163 cm³/mol. The summed E-state index contributed by atoms with van der Waals surface area (Å²) in [6.45, 7) is 1.55. The third-order valence-electron chi connectivity index (χ3n) is 6.64. The highest BCUT2D eigenvalue weighted by Gasteiger charge is 2.62. The second-order valence-electron chi connectivity index (χ2n) is 9.88. The number of hydroxylamine groups is 1. The molecule has 3 N–H and O–H groups in total. The number of imide groups is 1. The Labute approximate surface area is 278 Å².